The normalized spacial score (nSPS) is 18.3. The highest BCUT2D eigenvalue weighted by Crippen LogP contribution is 2.33. The van der Waals surface area contributed by atoms with E-state index in [0.29, 0.717) is 17.8 Å². The minimum atomic E-state index is 0. The van der Waals surface area contributed by atoms with Gasteiger partial charge in [0.25, 0.3) is 5.95 Å². The van der Waals surface area contributed by atoms with Crippen LogP contribution in [0.2, 0.25) is 0 Å². The van der Waals surface area contributed by atoms with Crippen LogP contribution in [0.25, 0.3) is 12.0 Å². The van der Waals surface area contributed by atoms with E-state index in [1.165, 1.54) is 11.3 Å². The van der Waals surface area contributed by atoms with E-state index in [2.05, 4.69) is 61.3 Å². The number of halogens is 1. The first-order valence-electron chi connectivity index (χ1n) is 10.1. The Hall–Kier alpha value is -2.90. The van der Waals surface area contributed by atoms with E-state index < -0.39 is 0 Å². The molecule has 156 valence electrons. The minimum Gasteiger partial charge on any atom is -0.384 e. The highest BCUT2D eigenvalue weighted by molar-refractivity contribution is 5.85. The van der Waals surface area contributed by atoms with Crippen LogP contribution in [0.5, 0.6) is 0 Å². The Bertz CT molecular complexity index is 1060. The molecule has 1 fully saturated rings. The molecule has 1 saturated heterocycles. The van der Waals surface area contributed by atoms with Gasteiger partial charge in [0.05, 0.1) is 11.9 Å². The molecule has 2 aliphatic heterocycles. The van der Waals surface area contributed by atoms with Gasteiger partial charge in [0.15, 0.2) is 0 Å². The average molecular weight is 424 g/mol. The number of anilines is 2. The first-order chi connectivity index (χ1) is 14.2. The molecule has 2 N–H and O–H groups in total. The predicted molar refractivity (Wildman–Crippen MR) is 122 cm³/mol. The maximum atomic E-state index is 5.77. The number of fused-ring (bicyclic) bond motifs is 3. The van der Waals surface area contributed by atoms with Crippen LogP contribution in [0.1, 0.15) is 16.8 Å². The number of rotatable bonds is 4. The van der Waals surface area contributed by atoms with E-state index in [1.807, 2.05) is 13.1 Å². The fourth-order valence-corrected chi connectivity index (χ4v) is 4.38. The zero-order chi connectivity index (χ0) is 19.8. The zero-order valence-electron chi connectivity index (χ0n) is 17.0. The van der Waals surface area contributed by atoms with Crippen LogP contribution >= 0.6 is 12.4 Å². The SMILES string of the molecule is Cc1c(/C=C/CN2CCN3c4ccccc4CC3C2)cnn1-c1nccc(N)n1.Cl. The maximum absolute atomic E-state index is 5.77. The van der Waals surface area contributed by atoms with Crippen molar-refractivity contribution in [3.05, 3.63) is 65.6 Å². The predicted octanol–water partition coefficient (Wildman–Crippen LogP) is 2.73. The lowest BCUT2D eigenvalue weighted by atomic mass is 10.1. The molecule has 0 bridgehead atoms. The van der Waals surface area contributed by atoms with Crippen LogP contribution in [0, 0.1) is 6.92 Å². The summed E-state index contributed by atoms with van der Waals surface area (Å²) in [6.07, 6.45) is 9.02. The Morgan fingerprint density at radius 1 is 1.20 bits per heavy atom. The van der Waals surface area contributed by atoms with Crippen molar-refractivity contribution in [1.29, 1.82) is 0 Å². The van der Waals surface area contributed by atoms with Gasteiger partial charge in [0.2, 0.25) is 0 Å². The van der Waals surface area contributed by atoms with Gasteiger partial charge in [0.1, 0.15) is 5.82 Å². The highest BCUT2D eigenvalue weighted by atomic mass is 35.5. The maximum Gasteiger partial charge on any atom is 0.252 e. The van der Waals surface area contributed by atoms with Crippen molar-refractivity contribution in [2.75, 3.05) is 36.8 Å². The lowest BCUT2D eigenvalue weighted by Gasteiger charge is -2.38. The van der Waals surface area contributed by atoms with E-state index in [-0.39, 0.29) is 12.4 Å². The molecule has 8 heteroatoms. The van der Waals surface area contributed by atoms with Gasteiger partial charge >= 0.3 is 0 Å². The lowest BCUT2D eigenvalue weighted by Crippen LogP contribution is -2.51. The van der Waals surface area contributed by atoms with Gasteiger partial charge in [-0.25, -0.2) is 9.67 Å². The first kappa shape index (κ1) is 20.4. The molecule has 4 heterocycles. The third kappa shape index (κ3) is 3.78. The molecular weight excluding hydrogens is 398 g/mol. The van der Waals surface area contributed by atoms with Gasteiger partial charge in [-0.05, 0) is 31.0 Å². The molecule has 0 aliphatic carbocycles. The number of nitrogen functional groups attached to an aromatic ring is 1. The molecule has 1 atom stereocenters. The number of para-hydroxylation sites is 1. The number of aromatic nitrogens is 4. The molecule has 0 radical (unpaired) electrons. The molecule has 7 nitrogen and oxygen atoms in total. The molecule has 1 aromatic carbocycles. The number of hydrogen-bond acceptors (Lipinski definition) is 6. The first-order valence-corrected chi connectivity index (χ1v) is 10.1. The number of hydrogen-bond donors (Lipinski definition) is 1. The second kappa shape index (κ2) is 8.45. The van der Waals surface area contributed by atoms with Gasteiger partial charge in [-0.15, -0.1) is 12.4 Å². The van der Waals surface area contributed by atoms with Gasteiger partial charge in [0, 0.05) is 49.7 Å². The summed E-state index contributed by atoms with van der Waals surface area (Å²) in [6, 6.07) is 11.1. The smallest absolute Gasteiger partial charge is 0.252 e. The topological polar surface area (TPSA) is 76.1 Å². The van der Waals surface area contributed by atoms with Crippen LogP contribution < -0.4 is 10.6 Å². The minimum absolute atomic E-state index is 0. The van der Waals surface area contributed by atoms with E-state index in [1.54, 1.807) is 16.9 Å². The number of nitrogens with zero attached hydrogens (tertiary/aromatic N) is 6. The monoisotopic (exact) mass is 423 g/mol. The quantitative estimate of drug-likeness (QED) is 0.695. The second-order valence-corrected chi connectivity index (χ2v) is 7.72. The Labute approximate surface area is 182 Å². The highest BCUT2D eigenvalue weighted by Gasteiger charge is 2.33. The summed E-state index contributed by atoms with van der Waals surface area (Å²) in [5, 5.41) is 4.42. The Morgan fingerprint density at radius 3 is 2.93 bits per heavy atom. The molecule has 2 aromatic heterocycles. The van der Waals surface area contributed by atoms with Gasteiger partial charge in [-0.2, -0.15) is 10.1 Å². The zero-order valence-corrected chi connectivity index (χ0v) is 17.8. The van der Waals surface area contributed by atoms with Crippen molar-refractivity contribution in [2.45, 2.75) is 19.4 Å². The molecule has 30 heavy (non-hydrogen) atoms. The van der Waals surface area contributed by atoms with Gasteiger partial charge in [-0.3, -0.25) is 4.90 Å². The molecule has 1 unspecified atom stereocenters. The third-order valence-corrected chi connectivity index (χ3v) is 5.89. The Kier molecular flexibility index (Phi) is 5.74. The third-order valence-electron chi connectivity index (χ3n) is 5.89. The van der Waals surface area contributed by atoms with Crippen LogP contribution in [0.3, 0.4) is 0 Å². The van der Waals surface area contributed by atoms with Gasteiger partial charge in [-0.1, -0.05) is 30.4 Å². The Balaban J connectivity index is 0.00000218. The summed E-state index contributed by atoms with van der Waals surface area (Å²) in [5.74, 6) is 0.939. The fourth-order valence-electron chi connectivity index (χ4n) is 4.38. The van der Waals surface area contributed by atoms with Gasteiger partial charge < -0.3 is 10.6 Å². The molecule has 0 amide bonds. The fraction of sp³-hybridized carbons (Fsp3) is 0.318. The van der Waals surface area contributed by atoms with Crippen LogP contribution in [0.15, 0.2) is 48.8 Å². The standard InChI is InChI=1S/C22H25N7.ClH/c1-16-18(14-25-29(16)22-24-9-8-21(23)26-22)6-4-10-27-11-12-28-19(15-27)13-17-5-2-3-7-20(17)28;/h2-9,14,19H,10-13,15H2,1H3,(H2,23,24,26);1H/b6-4+;. The second-order valence-electron chi connectivity index (χ2n) is 7.72. The summed E-state index contributed by atoms with van der Waals surface area (Å²) in [4.78, 5) is 13.6. The molecule has 5 rings (SSSR count). The molecule has 0 saturated carbocycles. The molecular formula is C22H26ClN7. The number of nitrogens with two attached hydrogens (primary N) is 1. The van der Waals surface area contributed by atoms with E-state index in [4.69, 9.17) is 5.73 Å². The molecule has 3 aromatic rings. The lowest BCUT2D eigenvalue weighted by molar-refractivity contribution is 0.249. The number of benzene rings is 1. The number of piperazine rings is 1. The van der Waals surface area contributed by atoms with E-state index in [9.17, 15) is 0 Å². The molecule has 0 spiro atoms. The summed E-state index contributed by atoms with van der Waals surface area (Å²) in [6.45, 7) is 6.26. The summed E-state index contributed by atoms with van der Waals surface area (Å²) >= 11 is 0. The van der Waals surface area contributed by atoms with Crippen molar-refractivity contribution in [3.8, 4) is 5.95 Å². The van der Waals surface area contributed by atoms with Crippen molar-refractivity contribution in [1.82, 2.24) is 24.6 Å². The molecule has 2 aliphatic rings. The summed E-state index contributed by atoms with van der Waals surface area (Å²) in [5.41, 5.74) is 10.8. The Morgan fingerprint density at radius 2 is 2.07 bits per heavy atom. The van der Waals surface area contributed by atoms with Crippen LogP contribution in [0.4, 0.5) is 11.5 Å². The van der Waals surface area contributed by atoms with E-state index in [0.717, 1.165) is 43.9 Å². The summed E-state index contributed by atoms with van der Waals surface area (Å²) < 4.78 is 1.73. The van der Waals surface area contributed by atoms with Crippen molar-refractivity contribution in [3.63, 3.8) is 0 Å². The largest absolute Gasteiger partial charge is 0.384 e. The van der Waals surface area contributed by atoms with E-state index >= 15 is 0 Å². The van der Waals surface area contributed by atoms with Crippen LogP contribution in [-0.4, -0.2) is 56.9 Å². The average Bonchev–Trinajstić information content (AvgIpc) is 3.28. The van der Waals surface area contributed by atoms with Crippen molar-refractivity contribution >= 4 is 30.0 Å². The van der Waals surface area contributed by atoms with Crippen LogP contribution in [-0.2, 0) is 6.42 Å². The summed E-state index contributed by atoms with van der Waals surface area (Å²) in [7, 11) is 0. The van der Waals surface area contributed by atoms with Crippen molar-refractivity contribution in [2.24, 2.45) is 0 Å². The van der Waals surface area contributed by atoms with Crippen molar-refractivity contribution < 1.29 is 0 Å².